The summed E-state index contributed by atoms with van der Waals surface area (Å²) < 4.78 is 0. The normalized spacial score (nSPS) is 19.6. The highest BCUT2D eigenvalue weighted by atomic mass is 35.5. The van der Waals surface area contributed by atoms with Crippen molar-refractivity contribution in [3.05, 3.63) is 28.8 Å². The fraction of sp³-hybridized carbons (Fsp3) is 0.333. The van der Waals surface area contributed by atoms with Gasteiger partial charge in [0, 0.05) is 10.7 Å². The first-order valence-electron chi connectivity index (χ1n) is 5.37. The largest absolute Gasteiger partial charge is 0.481 e. The van der Waals surface area contributed by atoms with Crippen molar-refractivity contribution in [2.24, 2.45) is 5.92 Å². The van der Waals surface area contributed by atoms with E-state index in [-0.39, 0.29) is 5.91 Å². The number of carbonyl (C=O) groups excluding carboxylic acids is 1. The number of benzene rings is 1. The molecule has 17 heavy (non-hydrogen) atoms. The summed E-state index contributed by atoms with van der Waals surface area (Å²) >= 11 is 5.88. The molecule has 1 aromatic rings. The Balaban J connectivity index is 2.46. The predicted octanol–water partition coefficient (Wildman–Crippen LogP) is 2.49. The summed E-state index contributed by atoms with van der Waals surface area (Å²) in [4.78, 5) is 23.0. The van der Waals surface area contributed by atoms with Gasteiger partial charge in [-0.15, -0.1) is 0 Å². The van der Waals surface area contributed by atoms with E-state index < -0.39 is 17.8 Å². The van der Waals surface area contributed by atoms with Gasteiger partial charge < -0.3 is 10.4 Å². The van der Waals surface area contributed by atoms with E-state index in [0.29, 0.717) is 22.7 Å². The summed E-state index contributed by atoms with van der Waals surface area (Å²) in [5.74, 6) is -2.59. The minimum atomic E-state index is -0.958. The van der Waals surface area contributed by atoms with Crippen LogP contribution in [0.4, 0.5) is 5.69 Å². The third-order valence-electron chi connectivity index (χ3n) is 3.05. The second-order valence-corrected chi connectivity index (χ2v) is 4.49. The molecule has 2 unspecified atom stereocenters. The van der Waals surface area contributed by atoms with E-state index in [1.54, 1.807) is 25.1 Å². The molecule has 1 heterocycles. The van der Waals surface area contributed by atoms with Crippen LogP contribution in [0.1, 0.15) is 24.8 Å². The first kappa shape index (κ1) is 11.9. The van der Waals surface area contributed by atoms with Crippen LogP contribution in [-0.2, 0) is 9.59 Å². The molecule has 4 nitrogen and oxygen atoms in total. The minimum absolute atomic E-state index is 0.267. The highest BCUT2D eigenvalue weighted by Gasteiger charge is 2.39. The number of amides is 1. The zero-order chi connectivity index (χ0) is 12.6. The molecule has 0 aliphatic carbocycles. The van der Waals surface area contributed by atoms with Gasteiger partial charge in [-0.25, -0.2) is 0 Å². The summed E-state index contributed by atoms with van der Waals surface area (Å²) in [7, 11) is 0. The van der Waals surface area contributed by atoms with Crippen LogP contribution in [0.5, 0.6) is 0 Å². The molecular formula is C12H12ClNO3. The lowest BCUT2D eigenvalue weighted by Crippen LogP contribution is -2.26. The third kappa shape index (κ3) is 2.00. The van der Waals surface area contributed by atoms with Gasteiger partial charge in [-0.3, -0.25) is 9.59 Å². The summed E-state index contributed by atoms with van der Waals surface area (Å²) in [6.45, 7) is 1.76. The van der Waals surface area contributed by atoms with Gasteiger partial charge in [0.05, 0.1) is 11.8 Å². The van der Waals surface area contributed by atoms with E-state index in [2.05, 4.69) is 5.32 Å². The van der Waals surface area contributed by atoms with Gasteiger partial charge in [-0.2, -0.15) is 0 Å². The van der Waals surface area contributed by atoms with Gasteiger partial charge in [-0.1, -0.05) is 18.5 Å². The molecule has 1 amide bonds. The molecule has 0 saturated heterocycles. The molecule has 0 radical (unpaired) electrons. The van der Waals surface area contributed by atoms with Crippen molar-refractivity contribution in [2.45, 2.75) is 19.3 Å². The van der Waals surface area contributed by atoms with E-state index >= 15 is 0 Å². The van der Waals surface area contributed by atoms with Crippen LogP contribution in [0, 0.1) is 5.92 Å². The van der Waals surface area contributed by atoms with Gasteiger partial charge in [0.15, 0.2) is 0 Å². The van der Waals surface area contributed by atoms with Gasteiger partial charge in [0.2, 0.25) is 5.91 Å². The first-order chi connectivity index (χ1) is 8.04. The lowest BCUT2D eigenvalue weighted by Gasteiger charge is -2.16. The number of aliphatic carboxylic acids is 1. The smallest absolute Gasteiger partial charge is 0.307 e. The van der Waals surface area contributed by atoms with Gasteiger partial charge in [0.25, 0.3) is 0 Å². The Bertz CT molecular complexity index is 487. The van der Waals surface area contributed by atoms with Crippen LogP contribution in [0.2, 0.25) is 5.02 Å². The van der Waals surface area contributed by atoms with Crippen molar-refractivity contribution in [1.29, 1.82) is 0 Å². The number of fused-ring (bicyclic) bond motifs is 1. The minimum Gasteiger partial charge on any atom is -0.481 e. The molecule has 2 rings (SSSR count). The van der Waals surface area contributed by atoms with Gasteiger partial charge in [0.1, 0.15) is 0 Å². The summed E-state index contributed by atoms with van der Waals surface area (Å²) in [6.07, 6.45) is 0.402. The lowest BCUT2D eigenvalue weighted by atomic mass is 9.85. The van der Waals surface area contributed by atoms with Crippen LogP contribution in [0.25, 0.3) is 0 Å². The van der Waals surface area contributed by atoms with E-state index in [1.807, 2.05) is 0 Å². The van der Waals surface area contributed by atoms with Crippen molar-refractivity contribution >= 4 is 29.2 Å². The molecule has 1 aromatic carbocycles. The standard InChI is InChI=1S/C12H12ClNO3/c1-2-7(12(16)17)10-8-5-6(13)3-4-9(8)14-11(10)15/h3-5,7,10H,2H2,1H3,(H,14,15)(H,16,17). The number of carboxylic acids is 1. The molecule has 0 bridgehead atoms. The predicted molar refractivity (Wildman–Crippen MR) is 64.2 cm³/mol. The van der Waals surface area contributed by atoms with E-state index in [4.69, 9.17) is 16.7 Å². The summed E-state index contributed by atoms with van der Waals surface area (Å²) in [5, 5.41) is 12.3. The lowest BCUT2D eigenvalue weighted by molar-refractivity contribution is -0.144. The maximum absolute atomic E-state index is 11.8. The molecule has 2 N–H and O–H groups in total. The fourth-order valence-corrected chi connectivity index (χ4v) is 2.39. The number of halogens is 1. The maximum atomic E-state index is 11.8. The molecule has 0 saturated carbocycles. The molecule has 0 spiro atoms. The fourth-order valence-electron chi connectivity index (χ4n) is 2.21. The summed E-state index contributed by atoms with van der Waals surface area (Å²) in [5.41, 5.74) is 1.33. The van der Waals surface area contributed by atoms with E-state index in [0.717, 1.165) is 0 Å². The van der Waals surface area contributed by atoms with Crippen molar-refractivity contribution < 1.29 is 14.7 Å². The zero-order valence-electron chi connectivity index (χ0n) is 9.24. The second-order valence-electron chi connectivity index (χ2n) is 4.05. The van der Waals surface area contributed by atoms with E-state index in [1.165, 1.54) is 0 Å². The number of hydrogen-bond donors (Lipinski definition) is 2. The van der Waals surface area contributed by atoms with Crippen molar-refractivity contribution in [3.63, 3.8) is 0 Å². The number of rotatable bonds is 3. The molecule has 1 aliphatic heterocycles. The van der Waals surface area contributed by atoms with Crippen LogP contribution in [-0.4, -0.2) is 17.0 Å². The van der Waals surface area contributed by atoms with Crippen molar-refractivity contribution in [2.75, 3.05) is 5.32 Å². The average Bonchev–Trinajstić information content (AvgIpc) is 2.56. The first-order valence-corrected chi connectivity index (χ1v) is 5.75. The molecular weight excluding hydrogens is 242 g/mol. The molecule has 2 atom stereocenters. The highest BCUT2D eigenvalue weighted by Crippen LogP contribution is 2.39. The topological polar surface area (TPSA) is 66.4 Å². The monoisotopic (exact) mass is 253 g/mol. The van der Waals surface area contributed by atoms with Crippen molar-refractivity contribution in [1.82, 2.24) is 0 Å². The quantitative estimate of drug-likeness (QED) is 0.870. The maximum Gasteiger partial charge on any atom is 0.307 e. The Hall–Kier alpha value is -1.55. The van der Waals surface area contributed by atoms with Crippen LogP contribution < -0.4 is 5.32 Å². The number of carboxylic acid groups (broad SMARTS) is 1. The molecule has 5 heteroatoms. The Kier molecular flexibility index (Phi) is 3.07. The Morgan fingerprint density at radius 2 is 2.29 bits per heavy atom. The highest BCUT2D eigenvalue weighted by molar-refractivity contribution is 6.31. The van der Waals surface area contributed by atoms with Crippen LogP contribution in [0.3, 0.4) is 0 Å². The van der Waals surface area contributed by atoms with Crippen LogP contribution in [0.15, 0.2) is 18.2 Å². The number of anilines is 1. The molecule has 0 aromatic heterocycles. The van der Waals surface area contributed by atoms with Crippen molar-refractivity contribution in [3.8, 4) is 0 Å². The van der Waals surface area contributed by atoms with Crippen LogP contribution >= 0.6 is 11.6 Å². The van der Waals surface area contributed by atoms with Gasteiger partial charge >= 0.3 is 5.97 Å². The molecule has 0 fully saturated rings. The summed E-state index contributed by atoms with van der Waals surface area (Å²) in [6, 6.07) is 5.03. The van der Waals surface area contributed by atoms with Gasteiger partial charge in [-0.05, 0) is 30.2 Å². The van der Waals surface area contributed by atoms with E-state index in [9.17, 15) is 9.59 Å². The Morgan fingerprint density at radius 1 is 1.59 bits per heavy atom. The average molecular weight is 254 g/mol. The number of hydrogen-bond acceptors (Lipinski definition) is 2. The molecule has 90 valence electrons. The SMILES string of the molecule is CCC(C(=O)O)C1C(=O)Nc2ccc(Cl)cc21. The molecule has 1 aliphatic rings. The number of carbonyl (C=O) groups is 2. The Morgan fingerprint density at radius 3 is 2.88 bits per heavy atom. The second kappa shape index (κ2) is 4.37. The third-order valence-corrected chi connectivity index (χ3v) is 3.28. The zero-order valence-corrected chi connectivity index (χ0v) is 9.99. The Labute approximate surface area is 104 Å². The number of nitrogens with one attached hydrogen (secondary N) is 1.